The van der Waals surface area contributed by atoms with Crippen LogP contribution in [0.25, 0.3) is 0 Å². The van der Waals surface area contributed by atoms with Gasteiger partial charge in [-0.05, 0) is 6.42 Å². The van der Waals surface area contributed by atoms with Gasteiger partial charge in [0.2, 0.25) is 0 Å². The monoisotopic (exact) mass is 338 g/mol. The van der Waals surface area contributed by atoms with Crippen molar-refractivity contribution in [2.75, 3.05) is 6.54 Å². The van der Waals surface area contributed by atoms with Gasteiger partial charge in [-0.2, -0.15) is 0 Å². The number of hydrogen-bond donors (Lipinski definition) is 2. The normalized spacial score (nSPS) is 12.0. The van der Waals surface area contributed by atoms with Crippen LogP contribution in [0.15, 0.2) is 6.20 Å². The van der Waals surface area contributed by atoms with Gasteiger partial charge in [0, 0.05) is 12.7 Å². The molecule has 0 bridgehead atoms. The number of rotatable bonds is 6. The lowest BCUT2D eigenvalue weighted by Gasteiger charge is -2.12. The van der Waals surface area contributed by atoms with Gasteiger partial charge in [0.05, 0.1) is 21.0 Å². The van der Waals surface area contributed by atoms with Crippen molar-refractivity contribution in [1.82, 2.24) is 10.3 Å². The summed E-state index contributed by atoms with van der Waals surface area (Å²) in [4.78, 5) is 26.7. The summed E-state index contributed by atoms with van der Waals surface area (Å²) in [7, 11) is 0. The van der Waals surface area contributed by atoms with Crippen molar-refractivity contribution in [3.05, 3.63) is 27.0 Å². The standard InChI is InChI=1S/C12H13Cl3N2O3/c1-2-3-6(12(19)20)4-17-11(18)10-9(15)8(14)7(13)5-16-10/h5-6H,2-4H2,1H3,(H,17,18)(H,19,20). The molecule has 0 saturated carbocycles. The van der Waals surface area contributed by atoms with Gasteiger partial charge in [-0.15, -0.1) is 0 Å². The Hall–Kier alpha value is -1.04. The van der Waals surface area contributed by atoms with Crippen LogP contribution in [0.5, 0.6) is 0 Å². The van der Waals surface area contributed by atoms with E-state index >= 15 is 0 Å². The molecule has 0 aliphatic heterocycles. The Morgan fingerprint density at radius 1 is 1.35 bits per heavy atom. The van der Waals surface area contributed by atoms with E-state index in [2.05, 4.69) is 10.3 Å². The Bertz CT molecular complexity index is 523. The molecule has 1 rings (SSSR count). The van der Waals surface area contributed by atoms with Crippen molar-refractivity contribution in [2.24, 2.45) is 5.92 Å². The van der Waals surface area contributed by atoms with Crippen LogP contribution in [0.2, 0.25) is 15.1 Å². The molecule has 0 aliphatic carbocycles. The van der Waals surface area contributed by atoms with Crippen LogP contribution in [0.3, 0.4) is 0 Å². The largest absolute Gasteiger partial charge is 0.481 e. The van der Waals surface area contributed by atoms with E-state index in [0.717, 1.165) is 0 Å². The van der Waals surface area contributed by atoms with E-state index in [1.54, 1.807) is 0 Å². The third-order valence-corrected chi connectivity index (χ3v) is 3.87. The lowest BCUT2D eigenvalue weighted by molar-refractivity contribution is -0.141. The van der Waals surface area contributed by atoms with Gasteiger partial charge in [-0.25, -0.2) is 4.98 Å². The van der Waals surface area contributed by atoms with Crippen molar-refractivity contribution in [2.45, 2.75) is 19.8 Å². The Balaban J connectivity index is 2.77. The minimum atomic E-state index is -0.958. The highest BCUT2D eigenvalue weighted by Gasteiger charge is 2.20. The maximum absolute atomic E-state index is 11.9. The number of carbonyl (C=O) groups is 2. The summed E-state index contributed by atoms with van der Waals surface area (Å²) in [5, 5.41) is 11.6. The van der Waals surface area contributed by atoms with E-state index in [1.807, 2.05) is 6.92 Å². The average Bonchev–Trinajstić information content (AvgIpc) is 2.40. The Labute approximate surface area is 131 Å². The third kappa shape index (κ3) is 4.23. The Morgan fingerprint density at radius 2 is 2.00 bits per heavy atom. The number of amides is 1. The van der Waals surface area contributed by atoms with E-state index < -0.39 is 17.8 Å². The van der Waals surface area contributed by atoms with E-state index in [1.165, 1.54) is 6.20 Å². The molecule has 1 atom stereocenters. The first-order chi connectivity index (χ1) is 9.38. The molecule has 8 heteroatoms. The summed E-state index contributed by atoms with van der Waals surface area (Å²) in [6.07, 6.45) is 2.39. The number of carbonyl (C=O) groups excluding carboxylic acids is 1. The summed E-state index contributed by atoms with van der Waals surface area (Å²) in [5.41, 5.74) is -0.0818. The number of nitrogens with zero attached hydrogens (tertiary/aromatic N) is 1. The molecule has 1 heterocycles. The summed E-state index contributed by atoms with van der Waals surface area (Å²) >= 11 is 17.4. The fourth-order valence-corrected chi connectivity index (χ4v) is 2.13. The van der Waals surface area contributed by atoms with Crippen LogP contribution >= 0.6 is 34.8 Å². The number of aliphatic carboxylic acids is 1. The third-order valence-electron chi connectivity index (χ3n) is 2.63. The van der Waals surface area contributed by atoms with Crippen LogP contribution in [0, 0.1) is 5.92 Å². The SMILES string of the molecule is CCCC(CNC(=O)c1ncc(Cl)c(Cl)c1Cl)C(=O)O. The topological polar surface area (TPSA) is 79.3 Å². The first-order valence-corrected chi connectivity index (χ1v) is 7.02. The highest BCUT2D eigenvalue weighted by atomic mass is 35.5. The summed E-state index contributed by atoms with van der Waals surface area (Å²) < 4.78 is 0. The maximum atomic E-state index is 11.9. The number of hydrogen-bond acceptors (Lipinski definition) is 3. The Kier molecular flexibility index (Phi) is 6.52. The smallest absolute Gasteiger partial charge is 0.308 e. The number of aromatic nitrogens is 1. The fraction of sp³-hybridized carbons (Fsp3) is 0.417. The van der Waals surface area contributed by atoms with Gasteiger partial charge >= 0.3 is 5.97 Å². The molecule has 0 spiro atoms. The first kappa shape index (κ1) is 17.0. The van der Waals surface area contributed by atoms with Crippen molar-refractivity contribution < 1.29 is 14.7 Å². The number of nitrogens with one attached hydrogen (secondary N) is 1. The van der Waals surface area contributed by atoms with E-state index in [-0.39, 0.29) is 27.3 Å². The van der Waals surface area contributed by atoms with Crippen molar-refractivity contribution in [1.29, 1.82) is 0 Å². The highest BCUT2D eigenvalue weighted by Crippen LogP contribution is 2.30. The minimum Gasteiger partial charge on any atom is -0.481 e. The van der Waals surface area contributed by atoms with Crippen LogP contribution < -0.4 is 5.32 Å². The number of pyridine rings is 1. The molecule has 5 nitrogen and oxygen atoms in total. The predicted octanol–water partition coefficient (Wildman–Crippen LogP) is 3.27. The van der Waals surface area contributed by atoms with Crippen LogP contribution in [0.4, 0.5) is 0 Å². The van der Waals surface area contributed by atoms with Gasteiger partial charge in [-0.1, -0.05) is 48.1 Å². The molecular weight excluding hydrogens is 327 g/mol. The van der Waals surface area contributed by atoms with Crippen LogP contribution in [-0.2, 0) is 4.79 Å². The predicted molar refractivity (Wildman–Crippen MR) is 77.6 cm³/mol. The number of carboxylic acids is 1. The van der Waals surface area contributed by atoms with Crippen LogP contribution in [-0.4, -0.2) is 28.5 Å². The lowest BCUT2D eigenvalue weighted by atomic mass is 10.0. The van der Waals surface area contributed by atoms with Crippen molar-refractivity contribution >= 4 is 46.7 Å². The first-order valence-electron chi connectivity index (χ1n) is 5.89. The second kappa shape index (κ2) is 7.67. The van der Waals surface area contributed by atoms with Gasteiger partial charge in [0.25, 0.3) is 5.91 Å². The van der Waals surface area contributed by atoms with E-state index in [0.29, 0.717) is 12.8 Å². The summed E-state index contributed by atoms with van der Waals surface area (Å²) in [6.45, 7) is 1.87. The lowest BCUT2D eigenvalue weighted by Crippen LogP contribution is -2.33. The minimum absolute atomic E-state index is 0.000259. The molecule has 1 aromatic heterocycles. The number of carboxylic acid groups (broad SMARTS) is 1. The zero-order valence-corrected chi connectivity index (χ0v) is 12.9. The Morgan fingerprint density at radius 3 is 2.55 bits per heavy atom. The van der Waals surface area contributed by atoms with Gasteiger partial charge in [-0.3, -0.25) is 9.59 Å². The summed E-state index contributed by atoms with van der Waals surface area (Å²) in [5.74, 6) is -2.19. The molecule has 1 unspecified atom stereocenters. The zero-order chi connectivity index (χ0) is 15.3. The van der Waals surface area contributed by atoms with Crippen LogP contribution in [0.1, 0.15) is 30.3 Å². The molecule has 1 aromatic rings. The molecule has 0 fully saturated rings. The number of halogens is 3. The molecule has 0 saturated heterocycles. The van der Waals surface area contributed by atoms with Gasteiger partial charge in [0.1, 0.15) is 5.69 Å². The molecule has 110 valence electrons. The second-order valence-electron chi connectivity index (χ2n) is 4.12. The quantitative estimate of drug-likeness (QED) is 0.833. The zero-order valence-electron chi connectivity index (χ0n) is 10.6. The second-order valence-corrected chi connectivity index (χ2v) is 5.28. The van der Waals surface area contributed by atoms with Gasteiger partial charge < -0.3 is 10.4 Å². The van der Waals surface area contributed by atoms with E-state index in [4.69, 9.17) is 39.9 Å². The van der Waals surface area contributed by atoms with E-state index in [9.17, 15) is 9.59 Å². The molecule has 2 N–H and O–H groups in total. The molecule has 20 heavy (non-hydrogen) atoms. The highest BCUT2D eigenvalue weighted by molar-refractivity contribution is 6.48. The molecule has 0 aliphatic rings. The van der Waals surface area contributed by atoms with Crippen molar-refractivity contribution in [3.8, 4) is 0 Å². The molecule has 0 aromatic carbocycles. The average molecular weight is 340 g/mol. The molecular formula is C12H13Cl3N2O3. The van der Waals surface area contributed by atoms with Crippen molar-refractivity contribution in [3.63, 3.8) is 0 Å². The molecule has 0 radical (unpaired) electrons. The fourth-order valence-electron chi connectivity index (χ4n) is 1.56. The summed E-state index contributed by atoms with van der Waals surface area (Å²) in [6, 6.07) is 0. The maximum Gasteiger partial charge on any atom is 0.308 e. The molecule has 1 amide bonds. The van der Waals surface area contributed by atoms with Gasteiger partial charge in [0.15, 0.2) is 0 Å².